The molecule has 0 spiro atoms. The van der Waals surface area contributed by atoms with Gasteiger partial charge < -0.3 is 0 Å². The largest absolute Gasteiger partial charge is 0.278 e. The number of hydrogen-bond donors (Lipinski definition) is 0. The maximum atomic E-state index is 13.7. The lowest BCUT2D eigenvalue weighted by atomic mass is 10.2. The lowest BCUT2D eigenvalue weighted by Gasteiger charge is -2.19. The maximum Gasteiger partial charge on any atom is 0.263 e. The number of para-hydroxylation sites is 1. The number of carbonyl (C=O) groups excluding carboxylic acids is 1. The highest BCUT2D eigenvalue weighted by Gasteiger charge is 2.26. The molecule has 0 fully saturated rings. The van der Waals surface area contributed by atoms with Gasteiger partial charge in [0.1, 0.15) is 5.82 Å². The standard InChI is InChI=1S/C24H18FN5OS/c1-16-20(14-27-30(16)19-8-3-2-4-9-19)23(31)29(15-18-7-5-6-12-26-18)24-28-21-11-10-17(25)13-22(21)32-24/h2-14H,15H2,1H3. The van der Waals surface area contributed by atoms with Crippen LogP contribution < -0.4 is 4.90 Å². The predicted octanol–water partition coefficient (Wildman–Crippen LogP) is 5.17. The Morgan fingerprint density at radius 2 is 1.91 bits per heavy atom. The topological polar surface area (TPSA) is 63.9 Å². The van der Waals surface area contributed by atoms with Crippen LogP contribution in [-0.2, 0) is 6.54 Å². The number of amides is 1. The highest BCUT2D eigenvalue weighted by molar-refractivity contribution is 7.22. The Morgan fingerprint density at radius 1 is 1.09 bits per heavy atom. The molecule has 0 saturated heterocycles. The number of halogens is 1. The summed E-state index contributed by atoms with van der Waals surface area (Å²) in [5.41, 5.74) is 3.42. The van der Waals surface area contributed by atoms with E-state index >= 15 is 0 Å². The van der Waals surface area contributed by atoms with Gasteiger partial charge in [-0.25, -0.2) is 14.1 Å². The van der Waals surface area contributed by atoms with Crippen molar-refractivity contribution < 1.29 is 9.18 Å². The Morgan fingerprint density at radius 3 is 2.69 bits per heavy atom. The summed E-state index contributed by atoms with van der Waals surface area (Å²) in [6.07, 6.45) is 3.26. The number of thiazole rings is 1. The van der Waals surface area contributed by atoms with Crippen LogP contribution in [0.2, 0.25) is 0 Å². The summed E-state index contributed by atoms with van der Waals surface area (Å²) < 4.78 is 16.1. The fourth-order valence-electron chi connectivity index (χ4n) is 3.48. The van der Waals surface area contributed by atoms with Crippen LogP contribution in [0.3, 0.4) is 0 Å². The average Bonchev–Trinajstić information content (AvgIpc) is 3.41. The van der Waals surface area contributed by atoms with Gasteiger partial charge in [0, 0.05) is 6.20 Å². The molecule has 1 amide bonds. The Hall–Kier alpha value is -3.91. The number of benzene rings is 2. The first-order valence-corrected chi connectivity index (χ1v) is 10.8. The smallest absolute Gasteiger partial charge is 0.263 e. The molecule has 0 aliphatic heterocycles. The second kappa shape index (κ2) is 8.32. The second-order valence-corrected chi connectivity index (χ2v) is 8.22. The predicted molar refractivity (Wildman–Crippen MR) is 123 cm³/mol. The van der Waals surface area contributed by atoms with Gasteiger partial charge in [-0.1, -0.05) is 35.6 Å². The normalized spacial score (nSPS) is 11.1. The molecule has 0 aliphatic rings. The van der Waals surface area contributed by atoms with Gasteiger partial charge in [-0.2, -0.15) is 5.10 Å². The third-order valence-electron chi connectivity index (χ3n) is 5.10. The van der Waals surface area contributed by atoms with E-state index in [0.29, 0.717) is 20.9 Å². The molecule has 3 heterocycles. The number of fused-ring (bicyclic) bond motifs is 1. The van der Waals surface area contributed by atoms with Gasteiger partial charge in [0.25, 0.3) is 5.91 Å². The van der Waals surface area contributed by atoms with Crippen LogP contribution in [0.4, 0.5) is 9.52 Å². The molecule has 5 aromatic rings. The molecule has 0 atom stereocenters. The molecule has 2 aromatic carbocycles. The molecule has 0 N–H and O–H groups in total. The number of anilines is 1. The number of carbonyl (C=O) groups is 1. The molecular weight excluding hydrogens is 425 g/mol. The minimum atomic E-state index is -0.338. The van der Waals surface area contributed by atoms with Crippen LogP contribution in [-0.4, -0.2) is 25.7 Å². The van der Waals surface area contributed by atoms with Crippen LogP contribution in [0.25, 0.3) is 15.9 Å². The number of hydrogen-bond acceptors (Lipinski definition) is 5. The average molecular weight is 444 g/mol. The molecule has 32 heavy (non-hydrogen) atoms. The van der Waals surface area contributed by atoms with Crippen molar-refractivity contribution in [3.05, 3.63) is 102 Å². The van der Waals surface area contributed by atoms with Gasteiger partial charge in [-0.05, 0) is 49.4 Å². The monoisotopic (exact) mass is 443 g/mol. The molecule has 0 aliphatic carbocycles. The molecule has 8 heteroatoms. The lowest BCUT2D eigenvalue weighted by molar-refractivity contribution is 0.0984. The fourth-order valence-corrected chi connectivity index (χ4v) is 4.46. The van der Waals surface area contributed by atoms with E-state index in [1.807, 2.05) is 55.5 Å². The SMILES string of the molecule is Cc1c(C(=O)N(Cc2ccccn2)c2nc3ccc(F)cc3s2)cnn1-c1ccccc1. The third kappa shape index (κ3) is 3.76. The summed E-state index contributed by atoms with van der Waals surface area (Å²) in [5, 5.41) is 4.91. The van der Waals surface area contributed by atoms with E-state index in [1.54, 1.807) is 28.0 Å². The van der Waals surface area contributed by atoms with Gasteiger partial charge in [0.05, 0.1) is 45.6 Å². The highest BCUT2D eigenvalue weighted by atomic mass is 32.1. The van der Waals surface area contributed by atoms with E-state index in [2.05, 4.69) is 15.1 Å². The third-order valence-corrected chi connectivity index (χ3v) is 6.14. The molecule has 0 unspecified atom stereocenters. The molecule has 5 rings (SSSR count). The van der Waals surface area contributed by atoms with Gasteiger partial charge in [0.2, 0.25) is 0 Å². The Labute approximate surface area is 187 Å². The zero-order valence-corrected chi connectivity index (χ0v) is 18.0. The summed E-state index contributed by atoms with van der Waals surface area (Å²) in [6, 6.07) is 19.6. The summed E-state index contributed by atoms with van der Waals surface area (Å²) in [4.78, 5) is 24.2. The number of nitrogens with zero attached hydrogens (tertiary/aromatic N) is 5. The summed E-state index contributed by atoms with van der Waals surface area (Å²) in [6.45, 7) is 2.10. The first kappa shape index (κ1) is 20.0. The van der Waals surface area contributed by atoms with Crippen LogP contribution in [0, 0.1) is 12.7 Å². The van der Waals surface area contributed by atoms with Crippen LogP contribution >= 0.6 is 11.3 Å². The van der Waals surface area contributed by atoms with Crippen molar-refractivity contribution in [3.63, 3.8) is 0 Å². The number of aromatic nitrogens is 4. The molecule has 3 aromatic heterocycles. The van der Waals surface area contributed by atoms with Crippen molar-refractivity contribution in [2.75, 3.05) is 4.90 Å². The number of pyridine rings is 1. The van der Waals surface area contributed by atoms with Crippen molar-refractivity contribution in [2.24, 2.45) is 0 Å². The van der Waals surface area contributed by atoms with Crippen molar-refractivity contribution in [1.82, 2.24) is 19.7 Å². The molecule has 0 saturated carbocycles. The Kier molecular flexibility index (Phi) is 5.20. The molecule has 0 bridgehead atoms. The molecule has 158 valence electrons. The van der Waals surface area contributed by atoms with E-state index in [-0.39, 0.29) is 18.3 Å². The van der Waals surface area contributed by atoms with Crippen molar-refractivity contribution in [2.45, 2.75) is 13.5 Å². The van der Waals surface area contributed by atoms with E-state index in [1.165, 1.54) is 23.5 Å². The zero-order chi connectivity index (χ0) is 22.1. The Balaban J connectivity index is 1.57. The first-order chi connectivity index (χ1) is 15.6. The zero-order valence-electron chi connectivity index (χ0n) is 17.1. The summed E-state index contributed by atoms with van der Waals surface area (Å²) in [7, 11) is 0. The van der Waals surface area contributed by atoms with Crippen molar-refractivity contribution in [1.29, 1.82) is 0 Å². The van der Waals surface area contributed by atoms with Gasteiger partial charge >= 0.3 is 0 Å². The molecule has 0 radical (unpaired) electrons. The van der Waals surface area contributed by atoms with Crippen LogP contribution in [0.15, 0.2) is 79.1 Å². The van der Waals surface area contributed by atoms with Crippen LogP contribution in [0.5, 0.6) is 0 Å². The van der Waals surface area contributed by atoms with E-state index in [4.69, 9.17) is 0 Å². The Bertz CT molecular complexity index is 1400. The van der Waals surface area contributed by atoms with E-state index in [0.717, 1.165) is 17.1 Å². The van der Waals surface area contributed by atoms with Crippen molar-refractivity contribution >= 4 is 32.6 Å². The van der Waals surface area contributed by atoms with Gasteiger partial charge in [-0.3, -0.25) is 14.7 Å². The van der Waals surface area contributed by atoms with Gasteiger partial charge in [0.15, 0.2) is 5.13 Å². The van der Waals surface area contributed by atoms with E-state index < -0.39 is 0 Å². The number of rotatable bonds is 5. The van der Waals surface area contributed by atoms with E-state index in [9.17, 15) is 9.18 Å². The molecule has 6 nitrogen and oxygen atoms in total. The minimum absolute atomic E-state index is 0.234. The quantitative estimate of drug-likeness (QED) is 0.376. The second-order valence-electron chi connectivity index (χ2n) is 7.21. The minimum Gasteiger partial charge on any atom is -0.278 e. The maximum absolute atomic E-state index is 13.7. The van der Waals surface area contributed by atoms with Crippen molar-refractivity contribution in [3.8, 4) is 5.69 Å². The first-order valence-electron chi connectivity index (χ1n) is 9.98. The van der Waals surface area contributed by atoms with Gasteiger partial charge in [-0.15, -0.1) is 0 Å². The lowest BCUT2D eigenvalue weighted by Crippen LogP contribution is -2.31. The summed E-state index contributed by atoms with van der Waals surface area (Å²) in [5.74, 6) is -0.579. The van der Waals surface area contributed by atoms with Crippen LogP contribution in [0.1, 0.15) is 21.7 Å². The summed E-state index contributed by atoms with van der Waals surface area (Å²) >= 11 is 1.27. The fraction of sp³-hybridized carbons (Fsp3) is 0.0833. The molecular formula is C24H18FN5OS. The highest BCUT2D eigenvalue weighted by Crippen LogP contribution is 2.31.